The van der Waals surface area contributed by atoms with E-state index in [0.717, 1.165) is 71.6 Å². The highest BCUT2D eigenvalue weighted by Crippen LogP contribution is 2.31. The van der Waals surface area contributed by atoms with Crippen molar-refractivity contribution in [1.82, 2.24) is 14.1 Å². The summed E-state index contributed by atoms with van der Waals surface area (Å²) in [6.07, 6.45) is 4.90. The summed E-state index contributed by atoms with van der Waals surface area (Å²) in [5, 5.41) is -0.355. The predicted octanol–water partition coefficient (Wildman–Crippen LogP) is 2.86. The Kier molecular flexibility index (Phi) is 7.47. The van der Waals surface area contributed by atoms with Crippen LogP contribution < -0.4 is 0 Å². The Balaban J connectivity index is 1.45. The molecule has 0 radical (unpaired) electrons. The average molecular weight is 436 g/mol. The van der Waals surface area contributed by atoms with Crippen molar-refractivity contribution >= 4 is 10.0 Å². The van der Waals surface area contributed by atoms with Gasteiger partial charge in [0, 0.05) is 32.7 Å². The van der Waals surface area contributed by atoms with Crippen molar-refractivity contribution in [2.75, 3.05) is 52.5 Å². The van der Waals surface area contributed by atoms with Crippen LogP contribution in [0.15, 0.2) is 24.3 Å². The Labute approximate surface area is 182 Å². The molecule has 7 heteroatoms. The lowest BCUT2D eigenvalue weighted by molar-refractivity contribution is 0.0342. The van der Waals surface area contributed by atoms with E-state index in [-0.39, 0.29) is 11.3 Å². The number of benzene rings is 1. The smallest absolute Gasteiger partial charge is 0.230 e. The van der Waals surface area contributed by atoms with Crippen molar-refractivity contribution in [2.45, 2.75) is 56.9 Å². The van der Waals surface area contributed by atoms with Gasteiger partial charge in [-0.05, 0) is 62.2 Å². The molecule has 0 saturated carbocycles. The quantitative estimate of drug-likeness (QED) is 0.659. The summed E-state index contributed by atoms with van der Waals surface area (Å²) >= 11 is 0. The van der Waals surface area contributed by atoms with Crippen LogP contribution in [0.5, 0.6) is 0 Å². The molecule has 3 heterocycles. The van der Waals surface area contributed by atoms with Crippen LogP contribution in [0, 0.1) is 0 Å². The van der Waals surface area contributed by atoms with Gasteiger partial charge in [0.15, 0.2) is 0 Å². The molecule has 0 amide bonds. The molecule has 0 N–H and O–H groups in total. The zero-order chi connectivity index (χ0) is 21.0. The van der Waals surface area contributed by atoms with Crippen LogP contribution in [0.4, 0.5) is 0 Å². The molecule has 3 saturated heterocycles. The molecule has 2 unspecified atom stereocenters. The first-order valence-electron chi connectivity index (χ1n) is 11.7. The summed E-state index contributed by atoms with van der Waals surface area (Å²) in [7, 11) is -3.29. The van der Waals surface area contributed by atoms with E-state index in [2.05, 4.69) is 34.1 Å². The lowest BCUT2D eigenvalue weighted by Crippen LogP contribution is -2.49. The van der Waals surface area contributed by atoms with E-state index in [1.165, 1.54) is 11.1 Å². The molecule has 0 aromatic heterocycles. The van der Waals surface area contributed by atoms with Crippen molar-refractivity contribution in [2.24, 2.45) is 0 Å². The fourth-order valence-electron chi connectivity index (χ4n) is 5.27. The number of rotatable bonds is 7. The molecule has 3 aliphatic rings. The third-order valence-electron chi connectivity index (χ3n) is 6.92. The van der Waals surface area contributed by atoms with Crippen LogP contribution in [-0.2, 0) is 21.3 Å². The molecular weight excluding hydrogens is 398 g/mol. The van der Waals surface area contributed by atoms with Crippen molar-refractivity contribution < 1.29 is 13.2 Å². The number of nitrogens with zero attached hydrogens (tertiary/aromatic N) is 3. The monoisotopic (exact) mass is 435 g/mol. The molecule has 0 spiro atoms. The van der Waals surface area contributed by atoms with Crippen molar-refractivity contribution in [3.8, 4) is 0 Å². The van der Waals surface area contributed by atoms with Gasteiger partial charge in [-0.3, -0.25) is 9.80 Å². The van der Waals surface area contributed by atoms with Gasteiger partial charge in [0.05, 0.1) is 13.2 Å². The van der Waals surface area contributed by atoms with E-state index < -0.39 is 10.0 Å². The zero-order valence-electron chi connectivity index (χ0n) is 18.3. The standard InChI is InChI=1S/C23H37N3O3S/c1-2-23(25-10-3-4-11-25)30(27,28)26-12-6-9-22(19-26)21-8-5-7-20(17-21)18-24-13-15-29-16-14-24/h5,7-8,17,22-23H,2-4,6,9-16,18-19H2,1H3. The number of hydrogen-bond donors (Lipinski definition) is 0. The summed E-state index contributed by atoms with van der Waals surface area (Å²) < 4.78 is 34.2. The fourth-order valence-corrected chi connectivity index (χ4v) is 7.39. The number of morpholine rings is 1. The molecular formula is C23H37N3O3S. The Morgan fingerprint density at radius 3 is 2.57 bits per heavy atom. The maximum atomic E-state index is 13.5. The van der Waals surface area contributed by atoms with Gasteiger partial charge in [0.2, 0.25) is 10.0 Å². The second-order valence-corrected chi connectivity index (χ2v) is 11.1. The summed E-state index contributed by atoms with van der Waals surface area (Å²) in [6.45, 7) is 9.65. The summed E-state index contributed by atoms with van der Waals surface area (Å²) in [5.74, 6) is 0.286. The lowest BCUT2D eigenvalue weighted by atomic mass is 9.90. The van der Waals surface area contributed by atoms with Gasteiger partial charge in [-0.15, -0.1) is 0 Å². The normalized spacial score (nSPS) is 26.1. The molecule has 1 aromatic carbocycles. The van der Waals surface area contributed by atoms with Crippen LogP contribution in [-0.4, -0.2) is 80.4 Å². The molecule has 2 atom stereocenters. The molecule has 6 nitrogen and oxygen atoms in total. The fraction of sp³-hybridized carbons (Fsp3) is 0.739. The van der Waals surface area contributed by atoms with Gasteiger partial charge < -0.3 is 4.74 Å². The highest BCUT2D eigenvalue weighted by Gasteiger charge is 2.38. The maximum Gasteiger partial charge on any atom is 0.230 e. The van der Waals surface area contributed by atoms with Gasteiger partial charge in [-0.2, -0.15) is 4.31 Å². The van der Waals surface area contributed by atoms with E-state index in [1.807, 2.05) is 6.92 Å². The summed E-state index contributed by atoms with van der Waals surface area (Å²) in [5.41, 5.74) is 2.60. The van der Waals surface area contributed by atoms with E-state index in [4.69, 9.17) is 4.74 Å². The second-order valence-electron chi connectivity index (χ2n) is 8.98. The topological polar surface area (TPSA) is 53.1 Å². The average Bonchev–Trinajstić information content (AvgIpc) is 3.29. The van der Waals surface area contributed by atoms with Gasteiger partial charge in [-0.25, -0.2) is 8.42 Å². The predicted molar refractivity (Wildman–Crippen MR) is 120 cm³/mol. The van der Waals surface area contributed by atoms with Crippen LogP contribution in [0.25, 0.3) is 0 Å². The minimum atomic E-state index is -3.29. The van der Waals surface area contributed by atoms with Gasteiger partial charge in [0.1, 0.15) is 5.37 Å². The van der Waals surface area contributed by atoms with Crippen LogP contribution in [0.2, 0.25) is 0 Å². The van der Waals surface area contributed by atoms with Gasteiger partial charge in [-0.1, -0.05) is 31.2 Å². The Morgan fingerprint density at radius 2 is 1.83 bits per heavy atom. The largest absolute Gasteiger partial charge is 0.379 e. The minimum absolute atomic E-state index is 0.286. The zero-order valence-corrected chi connectivity index (χ0v) is 19.2. The molecule has 30 heavy (non-hydrogen) atoms. The molecule has 4 rings (SSSR count). The third kappa shape index (κ3) is 5.07. The number of ether oxygens (including phenoxy) is 1. The van der Waals surface area contributed by atoms with Crippen LogP contribution in [0.1, 0.15) is 56.1 Å². The third-order valence-corrected chi connectivity index (χ3v) is 9.29. The lowest BCUT2D eigenvalue weighted by Gasteiger charge is -2.37. The van der Waals surface area contributed by atoms with Crippen molar-refractivity contribution in [1.29, 1.82) is 0 Å². The first kappa shape index (κ1) is 22.2. The first-order chi connectivity index (χ1) is 14.6. The molecule has 3 fully saturated rings. The number of piperidine rings is 1. The van der Waals surface area contributed by atoms with Crippen molar-refractivity contribution in [3.05, 3.63) is 35.4 Å². The van der Waals surface area contributed by atoms with Gasteiger partial charge in [0.25, 0.3) is 0 Å². The van der Waals surface area contributed by atoms with E-state index in [0.29, 0.717) is 19.5 Å². The minimum Gasteiger partial charge on any atom is -0.379 e. The second kappa shape index (κ2) is 10.1. The first-order valence-corrected chi connectivity index (χ1v) is 13.2. The van der Waals surface area contributed by atoms with E-state index in [9.17, 15) is 8.42 Å². The van der Waals surface area contributed by atoms with Crippen LogP contribution in [0.3, 0.4) is 0 Å². The number of hydrogen-bond acceptors (Lipinski definition) is 5. The molecule has 0 aliphatic carbocycles. The SMILES string of the molecule is CCC(N1CCCC1)S(=O)(=O)N1CCCC(c2cccc(CN3CCOCC3)c2)C1. The summed E-state index contributed by atoms with van der Waals surface area (Å²) in [6, 6.07) is 8.81. The molecule has 168 valence electrons. The van der Waals surface area contributed by atoms with Gasteiger partial charge >= 0.3 is 0 Å². The van der Waals surface area contributed by atoms with E-state index >= 15 is 0 Å². The van der Waals surface area contributed by atoms with Crippen molar-refractivity contribution in [3.63, 3.8) is 0 Å². The Hall–Kier alpha value is -0.990. The molecule has 3 aliphatic heterocycles. The number of likely N-dealkylation sites (tertiary alicyclic amines) is 1. The Bertz CT molecular complexity index is 789. The Morgan fingerprint density at radius 1 is 1.07 bits per heavy atom. The number of sulfonamides is 1. The maximum absolute atomic E-state index is 13.5. The van der Waals surface area contributed by atoms with Crippen LogP contribution >= 0.6 is 0 Å². The molecule has 1 aromatic rings. The highest BCUT2D eigenvalue weighted by molar-refractivity contribution is 7.89. The molecule has 0 bridgehead atoms. The summed E-state index contributed by atoms with van der Waals surface area (Å²) in [4.78, 5) is 4.62. The van der Waals surface area contributed by atoms with E-state index in [1.54, 1.807) is 4.31 Å². The highest BCUT2D eigenvalue weighted by atomic mass is 32.2.